The Kier molecular flexibility index (Phi) is 4.67. The maximum Gasteiger partial charge on any atom is 0.318 e. The van der Waals surface area contributed by atoms with Crippen LogP contribution in [0.15, 0.2) is 54.6 Å². The van der Waals surface area contributed by atoms with E-state index in [2.05, 4.69) is 46.6 Å². The van der Waals surface area contributed by atoms with Crippen molar-refractivity contribution in [2.75, 3.05) is 19.8 Å². The molecule has 4 aliphatic rings. The van der Waals surface area contributed by atoms with E-state index >= 15 is 0 Å². The zero-order valence-corrected chi connectivity index (χ0v) is 17.8. The molecule has 1 aliphatic carbocycles. The van der Waals surface area contributed by atoms with Gasteiger partial charge in [0.15, 0.2) is 0 Å². The average molecular weight is 419 g/mol. The Hall–Kier alpha value is -2.53. The van der Waals surface area contributed by atoms with Crippen LogP contribution in [-0.2, 0) is 4.74 Å². The van der Waals surface area contributed by atoms with E-state index < -0.39 is 0 Å². The Morgan fingerprint density at radius 3 is 2.68 bits per heavy atom. The van der Waals surface area contributed by atoms with Crippen molar-refractivity contribution in [1.29, 1.82) is 0 Å². The molecule has 2 aromatic carbocycles. The largest absolute Gasteiger partial charge is 0.487 e. The topological polar surface area (TPSA) is 50.8 Å². The fourth-order valence-corrected chi connectivity index (χ4v) is 6.15. The first-order valence-electron chi connectivity index (χ1n) is 11.7. The average Bonchev–Trinajstić information content (AvgIpc) is 3.18. The maximum absolute atomic E-state index is 13.6. The summed E-state index contributed by atoms with van der Waals surface area (Å²) < 4.78 is 12.2. The van der Waals surface area contributed by atoms with E-state index in [9.17, 15) is 4.79 Å². The Morgan fingerprint density at radius 1 is 1.06 bits per heavy atom. The zero-order chi connectivity index (χ0) is 20.8. The van der Waals surface area contributed by atoms with Crippen LogP contribution in [0.5, 0.6) is 5.75 Å². The van der Waals surface area contributed by atoms with Crippen LogP contribution in [0, 0.1) is 5.92 Å². The number of para-hydroxylation sites is 1. The maximum atomic E-state index is 13.6. The van der Waals surface area contributed by atoms with Crippen molar-refractivity contribution in [3.63, 3.8) is 0 Å². The second-order valence-corrected chi connectivity index (χ2v) is 9.65. The van der Waals surface area contributed by atoms with Gasteiger partial charge >= 0.3 is 6.03 Å². The summed E-state index contributed by atoms with van der Waals surface area (Å²) in [6.45, 7) is 2.22. The number of nitrogens with one attached hydrogen (secondary N) is 1. The van der Waals surface area contributed by atoms with Crippen LogP contribution in [0.25, 0.3) is 0 Å². The predicted molar refractivity (Wildman–Crippen MR) is 118 cm³/mol. The van der Waals surface area contributed by atoms with Gasteiger partial charge in [0.2, 0.25) is 0 Å². The van der Waals surface area contributed by atoms with Gasteiger partial charge in [0.05, 0.1) is 12.6 Å². The van der Waals surface area contributed by atoms with E-state index in [-0.39, 0.29) is 23.7 Å². The number of hydrogen-bond acceptors (Lipinski definition) is 3. The Morgan fingerprint density at radius 2 is 1.87 bits per heavy atom. The van der Waals surface area contributed by atoms with Crippen LogP contribution in [-0.4, -0.2) is 42.3 Å². The highest BCUT2D eigenvalue weighted by Gasteiger charge is 2.49. The van der Waals surface area contributed by atoms with Gasteiger partial charge < -0.3 is 19.7 Å². The summed E-state index contributed by atoms with van der Waals surface area (Å²) >= 11 is 0. The van der Waals surface area contributed by atoms with Crippen LogP contribution in [0.1, 0.15) is 55.2 Å². The Balaban J connectivity index is 1.25. The molecule has 5 nitrogen and oxygen atoms in total. The smallest absolute Gasteiger partial charge is 0.318 e. The van der Waals surface area contributed by atoms with Crippen molar-refractivity contribution in [3.8, 4) is 5.75 Å². The molecule has 1 N–H and O–H groups in total. The quantitative estimate of drug-likeness (QED) is 0.773. The zero-order valence-electron chi connectivity index (χ0n) is 17.8. The van der Waals surface area contributed by atoms with Crippen LogP contribution < -0.4 is 10.1 Å². The minimum Gasteiger partial charge on any atom is -0.487 e. The van der Waals surface area contributed by atoms with Crippen molar-refractivity contribution in [2.24, 2.45) is 5.92 Å². The second kappa shape index (κ2) is 7.56. The summed E-state index contributed by atoms with van der Waals surface area (Å²) in [5, 5.41) is 3.41. The lowest BCUT2D eigenvalue weighted by Gasteiger charge is -2.48. The molecule has 0 aromatic heterocycles. The molecule has 2 saturated heterocycles. The fraction of sp³-hybridized carbons (Fsp3) is 0.500. The van der Waals surface area contributed by atoms with Crippen molar-refractivity contribution in [3.05, 3.63) is 65.7 Å². The third kappa shape index (κ3) is 3.30. The first-order chi connectivity index (χ1) is 15.2. The van der Waals surface area contributed by atoms with Crippen LogP contribution in [0.3, 0.4) is 0 Å². The molecule has 5 heteroatoms. The normalized spacial score (nSPS) is 30.6. The number of nitrogens with zero attached hydrogens (tertiary/aromatic N) is 1. The van der Waals surface area contributed by atoms with E-state index in [1.165, 1.54) is 12.0 Å². The number of likely N-dealkylation sites (tertiary alicyclic amines) is 1. The lowest BCUT2D eigenvalue weighted by atomic mass is 9.73. The van der Waals surface area contributed by atoms with Gasteiger partial charge in [-0.25, -0.2) is 4.79 Å². The standard InChI is InChI=1S/C26H30N2O3/c29-25(27-22-15-26(12-6-13-26)31-24-10-5-4-9-19(22)24)28-16-20(18-7-2-1-3-8-18)21-17-30-14-11-23(21)28/h1-5,7-10,20-23H,6,11-17H2,(H,27,29). The van der Waals surface area contributed by atoms with Crippen molar-refractivity contribution in [2.45, 2.75) is 55.7 Å². The highest BCUT2D eigenvalue weighted by molar-refractivity contribution is 5.76. The van der Waals surface area contributed by atoms with Gasteiger partial charge in [0.25, 0.3) is 0 Å². The van der Waals surface area contributed by atoms with Gasteiger partial charge in [-0.3, -0.25) is 0 Å². The summed E-state index contributed by atoms with van der Waals surface area (Å²) in [7, 11) is 0. The molecule has 1 spiro atoms. The second-order valence-electron chi connectivity index (χ2n) is 9.65. The van der Waals surface area contributed by atoms with E-state index in [1.54, 1.807) is 0 Å². The summed E-state index contributed by atoms with van der Waals surface area (Å²) in [5.41, 5.74) is 2.32. The van der Waals surface area contributed by atoms with Gasteiger partial charge in [-0.2, -0.15) is 0 Å². The Labute approximate surface area is 183 Å². The molecule has 6 rings (SSSR count). The SMILES string of the molecule is O=C(NC1CC2(CCC2)Oc2ccccc21)N1CC(c2ccccc2)C2COCCC21. The van der Waals surface area contributed by atoms with Crippen molar-refractivity contribution >= 4 is 6.03 Å². The summed E-state index contributed by atoms with van der Waals surface area (Å²) in [6, 6.07) is 19.1. The highest BCUT2D eigenvalue weighted by Crippen LogP contribution is 2.49. The summed E-state index contributed by atoms with van der Waals surface area (Å²) in [5.74, 6) is 1.63. The van der Waals surface area contributed by atoms with E-state index in [4.69, 9.17) is 9.47 Å². The minimum atomic E-state index is -0.0922. The molecule has 2 amide bonds. The number of ether oxygens (including phenoxy) is 2. The molecule has 4 atom stereocenters. The monoisotopic (exact) mass is 418 g/mol. The molecule has 4 unspecified atom stereocenters. The molecule has 3 heterocycles. The molecule has 2 aromatic rings. The minimum absolute atomic E-state index is 0.00631. The molecule has 0 radical (unpaired) electrons. The molecule has 162 valence electrons. The lowest BCUT2D eigenvalue weighted by Crippen LogP contribution is -2.52. The first-order valence-corrected chi connectivity index (χ1v) is 11.7. The third-order valence-corrected chi connectivity index (χ3v) is 7.92. The van der Waals surface area contributed by atoms with Crippen molar-refractivity contribution in [1.82, 2.24) is 10.2 Å². The number of hydrogen-bond donors (Lipinski definition) is 1. The number of carbonyl (C=O) groups is 1. The van der Waals surface area contributed by atoms with Gasteiger partial charge in [0, 0.05) is 43.0 Å². The van der Waals surface area contributed by atoms with Crippen molar-refractivity contribution < 1.29 is 14.3 Å². The van der Waals surface area contributed by atoms with Crippen LogP contribution in [0.4, 0.5) is 4.79 Å². The summed E-state index contributed by atoms with van der Waals surface area (Å²) in [4.78, 5) is 15.7. The molecule has 31 heavy (non-hydrogen) atoms. The highest BCUT2D eigenvalue weighted by atomic mass is 16.5. The molecular weight excluding hydrogens is 388 g/mol. The number of fused-ring (bicyclic) bond motifs is 2. The lowest BCUT2D eigenvalue weighted by molar-refractivity contribution is -0.0362. The number of benzene rings is 2. The predicted octanol–water partition coefficient (Wildman–Crippen LogP) is 4.65. The fourth-order valence-electron chi connectivity index (χ4n) is 6.15. The van der Waals surface area contributed by atoms with Gasteiger partial charge in [-0.15, -0.1) is 0 Å². The number of rotatable bonds is 2. The summed E-state index contributed by atoms with van der Waals surface area (Å²) in [6.07, 6.45) is 5.14. The molecule has 1 saturated carbocycles. The number of amides is 2. The molecule has 3 aliphatic heterocycles. The van der Waals surface area contributed by atoms with E-state index in [0.717, 1.165) is 56.8 Å². The van der Waals surface area contributed by atoms with Crippen LogP contribution in [0.2, 0.25) is 0 Å². The number of carbonyl (C=O) groups excluding carboxylic acids is 1. The van der Waals surface area contributed by atoms with Gasteiger partial charge in [-0.05, 0) is 37.3 Å². The molecular formula is C26H30N2O3. The van der Waals surface area contributed by atoms with Gasteiger partial charge in [-0.1, -0.05) is 48.5 Å². The molecule has 0 bridgehead atoms. The Bertz CT molecular complexity index is 958. The van der Waals surface area contributed by atoms with E-state index in [1.807, 2.05) is 18.2 Å². The van der Waals surface area contributed by atoms with E-state index in [0.29, 0.717) is 11.8 Å². The molecule has 3 fully saturated rings. The third-order valence-electron chi connectivity index (χ3n) is 7.92. The number of urea groups is 1. The van der Waals surface area contributed by atoms with Gasteiger partial charge in [0.1, 0.15) is 11.4 Å². The first kappa shape index (κ1) is 19.2. The van der Waals surface area contributed by atoms with Crippen LogP contribution >= 0.6 is 0 Å².